The molecule has 9 heteroatoms. The van der Waals surface area contributed by atoms with Crippen molar-refractivity contribution in [1.82, 2.24) is 19.3 Å². The van der Waals surface area contributed by atoms with E-state index >= 15 is 0 Å². The molecule has 3 heterocycles. The normalized spacial score (nSPS) is 28.1. The van der Waals surface area contributed by atoms with Gasteiger partial charge in [-0.2, -0.15) is 0 Å². The lowest BCUT2D eigenvalue weighted by molar-refractivity contribution is -0.138. The number of nitrogens with zero attached hydrogens (tertiary/aromatic N) is 4. The molecule has 0 radical (unpaired) electrons. The number of anilines is 1. The van der Waals surface area contributed by atoms with Gasteiger partial charge in [0.25, 0.3) is 0 Å². The first-order valence-corrected chi connectivity index (χ1v) is 11.0. The fraction of sp³-hybridized carbons (Fsp3) is 0.667. The molecule has 2 fully saturated rings. The quantitative estimate of drug-likeness (QED) is 0.768. The SMILES string of the molecule is CN(CC1(C)CCO1)S(=O)(=O)C[C@H]1C[C@@H](N(C)c2ncnc3[nH]ccc23)C1. The van der Waals surface area contributed by atoms with Crippen LogP contribution in [0.1, 0.15) is 26.2 Å². The summed E-state index contributed by atoms with van der Waals surface area (Å²) in [4.78, 5) is 13.9. The summed E-state index contributed by atoms with van der Waals surface area (Å²) in [5.74, 6) is 1.27. The fourth-order valence-electron chi connectivity index (χ4n) is 4.04. The van der Waals surface area contributed by atoms with E-state index in [9.17, 15) is 8.42 Å². The van der Waals surface area contributed by atoms with E-state index < -0.39 is 10.0 Å². The molecule has 4 rings (SSSR count). The molecule has 2 aromatic heterocycles. The van der Waals surface area contributed by atoms with E-state index in [1.807, 2.05) is 26.2 Å². The van der Waals surface area contributed by atoms with Crippen LogP contribution in [-0.4, -0.2) is 72.3 Å². The molecule has 1 N–H and O–H groups in total. The molecule has 0 spiro atoms. The van der Waals surface area contributed by atoms with Crippen molar-refractivity contribution in [2.45, 2.75) is 37.8 Å². The summed E-state index contributed by atoms with van der Waals surface area (Å²) in [5.41, 5.74) is 0.498. The fourth-order valence-corrected chi connectivity index (χ4v) is 5.63. The monoisotopic (exact) mass is 393 g/mol. The summed E-state index contributed by atoms with van der Waals surface area (Å²) >= 11 is 0. The van der Waals surface area contributed by atoms with E-state index in [4.69, 9.17) is 4.74 Å². The van der Waals surface area contributed by atoms with Crippen LogP contribution in [0.15, 0.2) is 18.6 Å². The molecule has 0 amide bonds. The summed E-state index contributed by atoms with van der Waals surface area (Å²) < 4.78 is 32.3. The van der Waals surface area contributed by atoms with Crippen LogP contribution in [0.4, 0.5) is 5.82 Å². The lowest BCUT2D eigenvalue weighted by atomic mass is 9.81. The molecule has 1 aliphatic carbocycles. The second-order valence-corrected chi connectivity index (χ2v) is 10.2. The number of rotatable bonds is 7. The highest BCUT2D eigenvalue weighted by molar-refractivity contribution is 7.89. The minimum absolute atomic E-state index is 0.184. The molecule has 1 atom stereocenters. The number of likely N-dealkylation sites (N-methyl/N-ethyl adjacent to an activating group) is 1. The average molecular weight is 394 g/mol. The van der Waals surface area contributed by atoms with Crippen LogP contribution in [0.25, 0.3) is 11.0 Å². The van der Waals surface area contributed by atoms with Gasteiger partial charge in [-0.25, -0.2) is 22.7 Å². The summed E-state index contributed by atoms with van der Waals surface area (Å²) in [7, 11) is 0.415. The van der Waals surface area contributed by atoms with Crippen LogP contribution < -0.4 is 4.90 Å². The Bertz CT molecular complexity index is 918. The van der Waals surface area contributed by atoms with E-state index in [1.165, 1.54) is 4.31 Å². The van der Waals surface area contributed by atoms with Crippen molar-refractivity contribution in [2.75, 3.05) is 37.9 Å². The minimum atomic E-state index is -3.27. The highest BCUT2D eigenvalue weighted by Gasteiger charge is 2.40. The third kappa shape index (κ3) is 3.55. The molecule has 148 valence electrons. The van der Waals surface area contributed by atoms with Crippen molar-refractivity contribution in [3.63, 3.8) is 0 Å². The predicted molar refractivity (Wildman–Crippen MR) is 104 cm³/mol. The summed E-state index contributed by atoms with van der Waals surface area (Å²) in [5, 5.41) is 0.990. The Kier molecular flexibility index (Phi) is 4.64. The number of nitrogens with one attached hydrogen (secondary N) is 1. The lowest BCUT2D eigenvalue weighted by Crippen LogP contribution is -2.52. The molecule has 8 nitrogen and oxygen atoms in total. The highest BCUT2D eigenvalue weighted by atomic mass is 32.2. The largest absolute Gasteiger partial charge is 0.374 e. The highest BCUT2D eigenvalue weighted by Crippen LogP contribution is 2.36. The van der Waals surface area contributed by atoms with Crippen molar-refractivity contribution in [3.05, 3.63) is 18.6 Å². The number of H-pyrrole nitrogens is 1. The molecule has 1 unspecified atom stereocenters. The van der Waals surface area contributed by atoms with E-state index in [0.29, 0.717) is 12.6 Å². The predicted octanol–water partition coefficient (Wildman–Crippen LogP) is 1.61. The molecular weight excluding hydrogens is 366 g/mol. The van der Waals surface area contributed by atoms with Gasteiger partial charge >= 0.3 is 0 Å². The molecule has 0 bridgehead atoms. The van der Waals surface area contributed by atoms with Gasteiger partial charge in [0.2, 0.25) is 10.0 Å². The van der Waals surface area contributed by atoms with Gasteiger partial charge in [-0.15, -0.1) is 0 Å². The van der Waals surface area contributed by atoms with Gasteiger partial charge in [0.15, 0.2) is 0 Å². The minimum Gasteiger partial charge on any atom is -0.374 e. The second kappa shape index (κ2) is 6.72. The molecule has 2 aliphatic rings. The first-order chi connectivity index (χ1) is 12.8. The molecule has 2 aromatic rings. The molecule has 1 saturated carbocycles. The van der Waals surface area contributed by atoms with Crippen molar-refractivity contribution in [2.24, 2.45) is 5.92 Å². The number of hydrogen-bond donors (Lipinski definition) is 1. The number of sulfonamides is 1. The first kappa shape index (κ1) is 18.6. The number of fused-ring (bicyclic) bond motifs is 1. The van der Waals surface area contributed by atoms with Crippen LogP contribution in [0.3, 0.4) is 0 Å². The maximum absolute atomic E-state index is 12.7. The Balaban J connectivity index is 1.34. The van der Waals surface area contributed by atoms with Crippen molar-refractivity contribution in [3.8, 4) is 0 Å². The summed E-state index contributed by atoms with van der Waals surface area (Å²) in [6, 6.07) is 2.27. The number of hydrogen-bond acceptors (Lipinski definition) is 6. The second-order valence-electron chi connectivity index (χ2n) is 8.12. The molecule has 1 aliphatic heterocycles. The van der Waals surface area contributed by atoms with Crippen LogP contribution in [0.2, 0.25) is 0 Å². The van der Waals surface area contributed by atoms with E-state index in [0.717, 1.165) is 42.7 Å². The lowest BCUT2D eigenvalue weighted by Gasteiger charge is -2.43. The Morgan fingerprint density at radius 3 is 2.74 bits per heavy atom. The van der Waals surface area contributed by atoms with Gasteiger partial charge in [0.05, 0.1) is 23.3 Å². The van der Waals surface area contributed by atoms with Crippen LogP contribution in [0.5, 0.6) is 0 Å². The molecule has 1 saturated heterocycles. The third-order valence-corrected chi connectivity index (χ3v) is 7.96. The van der Waals surface area contributed by atoms with Crippen molar-refractivity contribution >= 4 is 26.9 Å². The van der Waals surface area contributed by atoms with Gasteiger partial charge in [-0.3, -0.25) is 0 Å². The third-order valence-electron chi connectivity index (χ3n) is 5.99. The van der Waals surface area contributed by atoms with Gasteiger partial charge in [0, 0.05) is 39.3 Å². The summed E-state index contributed by atoms with van der Waals surface area (Å²) in [6.45, 7) is 3.12. The Morgan fingerprint density at radius 2 is 2.07 bits per heavy atom. The van der Waals surface area contributed by atoms with Gasteiger partial charge in [0.1, 0.15) is 17.8 Å². The van der Waals surface area contributed by atoms with Gasteiger partial charge < -0.3 is 14.6 Å². The van der Waals surface area contributed by atoms with Crippen molar-refractivity contribution in [1.29, 1.82) is 0 Å². The number of aromatic nitrogens is 3. The van der Waals surface area contributed by atoms with Crippen LogP contribution >= 0.6 is 0 Å². The standard InChI is InChI=1S/C18H27N5O3S/c1-18(5-7-26-18)11-22(2)27(24,25)10-13-8-14(9-13)23(3)17-15-4-6-19-16(15)20-12-21-17/h4,6,12-14H,5,7-11H2,1-3H3,(H,19,20,21)/t13-,14+,18?. The Morgan fingerprint density at radius 1 is 1.33 bits per heavy atom. The maximum Gasteiger partial charge on any atom is 0.214 e. The van der Waals surface area contributed by atoms with E-state index in [1.54, 1.807) is 13.4 Å². The Hall–Kier alpha value is -1.71. The molecule has 27 heavy (non-hydrogen) atoms. The van der Waals surface area contributed by atoms with Gasteiger partial charge in [-0.05, 0) is 31.7 Å². The Labute approximate surface area is 160 Å². The van der Waals surface area contributed by atoms with Crippen molar-refractivity contribution < 1.29 is 13.2 Å². The zero-order valence-corrected chi connectivity index (χ0v) is 16.9. The summed E-state index contributed by atoms with van der Waals surface area (Å²) in [6.07, 6.45) is 6.04. The number of aromatic amines is 1. The van der Waals surface area contributed by atoms with Crippen LogP contribution in [0, 0.1) is 5.92 Å². The smallest absolute Gasteiger partial charge is 0.214 e. The van der Waals surface area contributed by atoms with Crippen LogP contribution in [-0.2, 0) is 14.8 Å². The molecule has 0 aromatic carbocycles. The molecular formula is C18H27N5O3S. The number of ether oxygens (including phenoxy) is 1. The maximum atomic E-state index is 12.7. The zero-order valence-electron chi connectivity index (χ0n) is 16.1. The first-order valence-electron chi connectivity index (χ1n) is 9.36. The van der Waals surface area contributed by atoms with E-state index in [2.05, 4.69) is 19.9 Å². The van der Waals surface area contributed by atoms with Gasteiger partial charge in [-0.1, -0.05) is 0 Å². The van der Waals surface area contributed by atoms with E-state index in [-0.39, 0.29) is 17.3 Å². The zero-order chi connectivity index (χ0) is 19.2. The topological polar surface area (TPSA) is 91.4 Å². The average Bonchev–Trinajstić information content (AvgIpc) is 3.04.